The average molecular weight is 308 g/mol. The maximum atomic E-state index is 11.8. The van der Waals surface area contributed by atoms with E-state index in [2.05, 4.69) is 28.9 Å². The van der Waals surface area contributed by atoms with Crippen LogP contribution in [0.5, 0.6) is 0 Å². The van der Waals surface area contributed by atoms with Crippen molar-refractivity contribution in [2.75, 3.05) is 11.5 Å². The topological polar surface area (TPSA) is 59.0 Å². The first kappa shape index (κ1) is 14.9. The Kier molecular flexibility index (Phi) is 4.85. The van der Waals surface area contributed by atoms with E-state index in [4.69, 9.17) is 0 Å². The molecule has 0 spiro atoms. The van der Waals surface area contributed by atoms with Gasteiger partial charge < -0.3 is 10.6 Å². The molecular weight excluding hydrogens is 284 g/mol. The first-order valence-electron chi connectivity index (χ1n) is 7.91. The van der Waals surface area contributed by atoms with Crippen molar-refractivity contribution in [1.29, 1.82) is 0 Å². The van der Waals surface area contributed by atoms with Gasteiger partial charge >= 0.3 is 0 Å². The van der Waals surface area contributed by atoms with Gasteiger partial charge in [-0.2, -0.15) is 16.9 Å². The van der Waals surface area contributed by atoms with Gasteiger partial charge in [0.15, 0.2) is 0 Å². The lowest BCUT2D eigenvalue weighted by molar-refractivity contribution is -0.124. The number of thioether (sulfide) groups is 1. The molecule has 0 saturated carbocycles. The molecule has 3 atom stereocenters. The molecule has 5 nitrogen and oxygen atoms in total. The van der Waals surface area contributed by atoms with Crippen LogP contribution < -0.4 is 10.6 Å². The highest BCUT2D eigenvalue weighted by atomic mass is 32.2. The molecule has 2 aliphatic rings. The molecule has 2 N–H and O–H groups in total. The standard InChI is InChI=1S/C15H24N4OS/c1-2-19-9-11(8-16-19)15-13(5-6-14(20)18-15)17-12-4-3-7-21-10-12/h8-9,12-13,15,17H,2-7,10H2,1H3,(H,18,20)/t12?,13-,15+/m1/s1. The lowest BCUT2D eigenvalue weighted by Gasteiger charge is -2.36. The number of aromatic nitrogens is 2. The lowest BCUT2D eigenvalue weighted by atomic mass is 9.92. The molecule has 3 rings (SSSR count). The molecule has 2 fully saturated rings. The molecule has 1 aromatic rings. The monoisotopic (exact) mass is 308 g/mol. The van der Waals surface area contributed by atoms with Crippen molar-refractivity contribution in [2.45, 2.75) is 57.3 Å². The predicted molar refractivity (Wildman–Crippen MR) is 85.3 cm³/mol. The average Bonchev–Trinajstić information content (AvgIpc) is 2.99. The van der Waals surface area contributed by atoms with Gasteiger partial charge in [-0.1, -0.05) is 0 Å². The van der Waals surface area contributed by atoms with Crippen LogP contribution in [0.2, 0.25) is 0 Å². The van der Waals surface area contributed by atoms with Gasteiger partial charge in [0.1, 0.15) is 0 Å². The number of hydrogen-bond donors (Lipinski definition) is 2. The van der Waals surface area contributed by atoms with Crippen LogP contribution in [0.3, 0.4) is 0 Å². The molecule has 1 aromatic heterocycles. The van der Waals surface area contributed by atoms with E-state index in [0.717, 1.165) is 18.5 Å². The summed E-state index contributed by atoms with van der Waals surface area (Å²) in [5.41, 5.74) is 1.12. The second-order valence-corrected chi connectivity index (χ2v) is 7.05. The maximum absolute atomic E-state index is 11.8. The van der Waals surface area contributed by atoms with Gasteiger partial charge in [0.2, 0.25) is 5.91 Å². The van der Waals surface area contributed by atoms with Gasteiger partial charge in [-0.25, -0.2) is 0 Å². The number of amides is 1. The fraction of sp³-hybridized carbons (Fsp3) is 0.733. The first-order chi connectivity index (χ1) is 10.3. The van der Waals surface area contributed by atoms with Gasteiger partial charge in [0, 0.05) is 42.6 Å². The minimum Gasteiger partial charge on any atom is -0.348 e. The van der Waals surface area contributed by atoms with Gasteiger partial charge in [0.25, 0.3) is 0 Å². The van der Waals surface area contributed by atoms with Crippen molar-refractivity contribution in [3.63, 3.8) is 0 Å². The summed E-state index contributed by atoms with van der Waals surface area (Å²) < 4.78 is 1.92. The van der Waals surface area contributed by atoms with E-state index in [1.54, 1.807) is 0 Å². The zero-order valence-corrected chi connectivity index (χ0v) is 13.4. The van der Waals surface area contributed by atoms with Crippen molar-refractivity contribution in [3.05, 3.63) is 18.0 Å². The molecule has 0 bridgehead atoms. The predicted octanol–water partition coefficient (Wildman–Crippen LogP) is 1.71. The van der Waals surface area contributed by atoms with E-state index in [1.165, 1.54) is 24.3 Å². The zero-order valence-electron chi connectivity index (χ0n) is 12.5. The zero-order chi connectivity index (χ0) is 14.7. The molecule has 1 unspecified atom stereocenters. The summed E-state index contributed by atoms with van der Waals surface area (Å²) in [7, 11) is 0. The third-order valence-electron chi connectivity index (χ3n) is 4.35. The number of piperidine rings is 1. The van der Waals surface area contributed by atoms with Crippen molar-refractivity contribution < 1.29 is 4.79 Å². The molecule has 0 radical (unpaired) electrons. The fourth-order valence-corrected chi connectivity index (χ4v) is 4.27. The number of hydrogen-bond acceptors (Lipinski definition) is 4. The fourth-order valence-electron chi connectivity index (χ4n) is 3.18. The summed E-state index contributed by atoms with van der Waals surface area (Å²) in [6, 6.07) is 0.951. The molecular formula is C15H24N4OS. The quantitative estimate of drug-likeness (QED) is 0.889. The van der Waals surface area contributed by atoms with Crippen molar-refractivity contribution >= 4 is 17.7 Å². The van der Waals surface area contributed by atoms with Gasteiger partial charge in [0.05, 0.1) is 12.2 Å². The molecule has 6 heteroatoms. The van der Waals surface area contributed by atoms with E-state index >= 15 is 0 Å². The number of carbonyl (C=O) groups is 1. The van der Waals surface area contributed by atoms with Crippen LogP contribution in [0, 0.1) is 0 Å². The molecule has 2 saturated heterocycles. The molecule has 116 valence electrons. The molecule has 0 aromatic carbocycles. The molecule has 0 aliphatic carbocycles. The maximum Gasteiger partial charge on any atom is 0.220 e. The summed E-state index contributed by atoms with van der Waals surface area (Å²) in [5.74, 6) is 2.62. The Morgan fingerprint density at radius 3 is 3.14 bits per heavy atom. The van der Waals surface area contributed by atoms with Crippen molar-refractivity contribution in [1.82, 2.24) is 20.4 Å². The van der Waals surface area contributed by atoms with Crippen LogP contribution in [0.25, 0.3) is 0 Å². The van der Waals surface area contributed by atoms with Gasteiger partial charge in [-0.15, -0.1) is 0 Å². The minimum atomic E-state index is 0.0541. The summed E-state index contributed by atoms with van der Waals surface area (Å²) in [4.78, 5) is 11.8. The minimum absolute atomic E-state index is 0.0541. The number of nitrogens with one attached hydrogen (secondary N) is 2. The Balaban J connectivity index is 1.71. The summed E-state index contributed by atoms with van der Waals surface area (Å²) in [5, 5.41) is 11.3. The second-order valence-electron chi connectivity index (χ2n) is 5.90. The molecule has 2 aliphatic heterocycles. The van der Waals surface area contributed by atoms with Crippen LogP contribution in [-0.4, -0.2) is 39.3 Å². The normalized spacial score (nSPS) is 30.1. The number of carbonyl (C=O) groups excluding carboxylic acids is 1. The van der Waals surface area contributed by atoms with Crippen LogP contribution >= 0.6 is 11.8 Å². The Hall–Kier alpha value is -1.01. The largest absolute Gasteiger partial charge is 0.348 e. The van der Waals surface area contributed by atoms with E-state index in [9.17, 15) is 4.79 Å². The Labute approximate surface area is 130 Å². The van der Waals surface area contributed by atoms with E-state index < -0.39 is 0 Å². The van der Waals surface area contributed by atoms with E-state index in [0.29, 0.717) is 18.5 Å². The highest BCUT2D eigenvalue weighted by Crippen LogP contribution is 2.26. The Morgan fingerprint density at radius 1 is 1.52 bits per heavy atom. The molecule has 1 amide bonds. The van der Waals surface area contributed by atoms with Crippen LogP contribution in [-0.2, 0) is 11.3 Å². The summed E-state index contributed by atoms with van der Waals surface area (Å²) >= 11 is 2.03. The van der Waals surface area contributed by atoms with Crippen LogP contribution in [0.1, 0.15) is 44.2 Å². The number of aryl methyl sites for hydroxylation is 1. The number of nitrogens with zero attached hydrogens (tertiary/aromatic N) is 2. The Morgan fingerprint density at radius 2 is 2.43 bits per heavy atom. The Bertz CT molecular complexity index is 484. The van der Waals surface area contributed by atoms with Crippen LogP contribution in [0.4, 0.5) is 0 Å². The second kappa shape index (κ2) is 6.83. The van der Waals surface area contributed by atoms with E-state index in [-0.39, 0.29) is 11.9 Å². The first-order valence-corrected chi connectivity index (χ1v) is 9.07. The lowest BCUT2D eigenvalue weighted by Crippen LogP contribution is -2.52. The van der Waals surface area contributed by atoms with E-state index in [1.807, 2.05) is 22.6 Å². The van der Waals surface area contributed by atoms with Crippen LogP contribution in [0.15, 0.2) is 12.4 Å². The molecule has 21 heavy (non-hydrogen) atoms. The highest BCUT2D eigenvalue weighted by molar-refractivity contribution is 7.99. The smallest absolute Gasteiger partial charge is 0.220 e. The SMILES string of the molecule is CCn1cc([C@@H]2NC(=O)CC[C@H]2NC2CCCSC2)cn1. The van der Waals surface area contributed by atoms with Crippen molar-refractivity contribution in [3.8, 4) is 0 Å². The number of rotatable bonds is 4. The summed E-state index contributed by atoms with van der Waals surface area (Å²) in [6.45, 7) is 2.93. The third kappa shape index (κ3) is 3.61. The van der Waals surface area contributed by atoms with Crippen molar-refractivity contribution in [2.24, 2.45) is 0 Å². The molecule has 3 heterocycles. The van der Waals surface area contributed by atoms with Gasteiger partial charge in [-0.05, 0) is 31.9 Å². The summed E-state index contributed by atoms with van der Waals surface area (Å²) in [6.07, 6.45) is 8.02. The van der Waals surface area contributed by atoms with Gasteiger partial charge in [-0.3, -0.25) is 9.48 Å². The highest BCUT2D eigenvalue weighted by Gasteiger charge is 2.32. The third-order valence-corrected chi connectivity index (χ3v) is 5.56.